The number of rotatable bonds is 4. The summed E-state index contributed by atoms with van der Waals surface area (Å²) in [6.45, 7) is 4.31. The van der Waals surface area contributed by atoms with Gasteiger partial charge >= 0.3 is 5.97 Å². The lowest BCUT2D eigenvalue weighted by atomic mass is 10.2. The van der Waals surface area contributed by atoms with Crippen molar-refractivity contribution in [3.8, 4) is 16.9 Å². The lowest BCUT2D eigenvalue weighted by molar-refractivity contribution is -0.140. The number of carbonyl (C=O) groups excluding carboxylic acids is 1. The monoisotopic (exact) mass is 270 g/mol. The normalized spacial score (nSPS) is 10.1. The van der Waals surface area contributed by atoms with E-state index in [2.05, 4.69) is 35.1 Å². The fraction of sp³-hybridized carbons (Fsp3) is 0.235. The highest BCUT2D eigenvalue weighted by Gasteiger charge is 2.14. The number of esters is 1. The van der Waals surface area contributed by atoms with Crippen molar-refractivity contribution in [3.63, 3.8) is 0 Å². The molecule has 0 amide bonds. The molecule has 1 aromatic rings. The number of hydrogen-bond donors (Lipinski definition) is 0. The summed E-state index contributed by atoms with van der Waals surface area (Å²) in [6, 6.07) is 16.5. The van der Waals surface area contributed by atoms with Crippen molar-refractivity contribution in [1.29, 1.82) is 0 Å². The first-order valence-corrected chi connectivity index (χ1v) is 6.64. The van der Waals surface area contributed by atoms with Gasteiger partial charge in [0.25, 0.3) is 0 Å². The zero-order valence-corrected chi connectivity index (χ0v) is 11.8. The van der Waals surface area contributed by atoms with Gasteiger partial charge in [0.1, 0.15) is 12.4 Å². The van der Waals surface area contributed by atoms with Crippen molar-refractivity contribution in [3.05, 3.63) is 54.1 Å². The Kier molecular flexibility index (Phi) is 4.77. The van der Waals surface area contributed by atoms with Crippen molar-refractivity contribution >= 4 is 5.97 Å². The fourth-order valence-corrected chi connectivity index (χ4v) is 1.76. The number of hydrogen-bond acceptors (Lipinski definition) is 3. The minimum Gasteiger partial charge on any atom is -0.489 e. The third-order valence-corrected chi connectivity index (χ3v) is 2.75. The van der Waals surface area contributed by atoms with Gasteiger partial charge in [-0.2, -0.15) is 0 Å². The quantitative estimate of drug-likeness (QED) is 0.676. The first kappa shape index (κ1) is 14.1. The molecule has 0 spiro atoms. The van der Waals surface area contributed by atoms with E-state index in [1.54, 1.807) is 6.92 Å². The van der Waals surface area contributed by atoms with Gasteiger partial charge in [0.2, 0.25) is 0 Å². The zero-order valence-electron chi connectivity index (χ0n) is 11.8. The Morgan fingerprint density at radius 3 is 2.20 bits per heavy atom. The van der Waals surface area contributed by atoms with Crippen LogP contribution in [0.3, 0.4) is 0 Å². The molecule has 1 aromatic carbocycles. The standard InChI is InChI=1S/C13H10O.C4H8O2/c1-2-4-10(5-3-1)9-14-13-7-11-6-12(11)8-13;1-3-6-4(2)5/h1-8H,9H2;3H2,1-2H3. The molecule has 0 saturated carbocycles. The zero-order chi connectivity index (χ0) is 14.4. The van der Waals surface area contributed by atoms with Crippen molar-refractivity contribution in [1.82, 2.24) is 0 Å². The van der Waals surface area contributed by atoms with Crippen LogP contribution in [0.2, 0.25) is 0 Å². The first-order chi connectivity index (χ1) is 9.69. The summed E-state index contributed by atoms with van der Waals surface area (Å²) in [6.07, 6.45) is 0. The SMILES string of the molecule is CCOC(C)=O.c1ccc(COc2cc3cc-3c2)cc1. The van der Waals surface area contributed by atoms with Gasteiger partial charge in [-0.05, 0) is 41.8 Å². The molecule has 2 aliphatic rings. The summed E-state index contributed by atoms with van der Waals surface area (Å²) in [5, 5.41) is 0. The predicted octanol–water partition coefficient (Wildman–Crippen LogP) is 3.82. The minimum absolute atomic E-state index is 0.211. The second-order valence-corrected chi connectivity index (χ2v) is 4.44. The predicted molar refractivity (Wildman–Crippen MR) is 78.5 cm³/mol. The van der Waals surface area contributed by atoms with E-state index in [-0.39, 0.29) is 5.97 Å². The molecule has 3 nitrogen and oxygen atoms in total. The molecule has 0 radical (unpaired) electrons. The van der Waals surface area contributed by atoms with Gasteiger partial charge in [0, 0.05) is 6.92 Å². The number of ether oxygens (including phenoxy) is 2. The van der Waals surface area contributed by atoms with E-state index >= 15 is 0 Å². The summed E-state index contributed by atoms with van der Waals surface area (Å²) < 4.78 is 10.0. The number of fused-ring (bicyclic) bond motifs is 1. The van der Waals surface area contributed by atoms with Crippen LogP contribution in [0.25, 0.3) is 11.1 Å². The van der Waals surface area contributed by atoms with E-state index in [9.17, 15) is 4.79 Å². The van der Waals surface area contributed by atoms with Crippen LogP contribution in [0, 0.1) is 0 Å². The smallest absolute Gasteiger partial charge is 0.302 e. The molecule has 0 saturated heterocycles. The number of benzene rings is 2. The van der Waals surface area contributed by atoms with E-state index in [0.717, 1.165) is 5.75 Å². The molecule has 0 N–H and O–H groups in total. The Morgan fingerprint density at radius 2 is 1.70 bits per heavy atom. The summed E-state index contributed by atoms with van der Waals surface area (Å²) in [7, 11) is 0. The molecular weight excluding hydrogens is 252 g/mol. The molecule has 0 unspecified atom stereocenters. The third-order valence-electron chi connectivity index (χ3n) is 2.75. The Labute approximate surface area is 119 Å². The summed E-state index contributed by atoms with van der Waals surface area (Å²) in [5.41, 5.74) is 3.86. The molecule has 104 valence electrons. The van der Waals surface area contributed by atoms with Crippen molar-refractivity contribution < 1.29 is 14.3 Å². The lowest BCUT2D eigenvalue weighted by Gasteiger charge is -2.03. The lowest BCUT2D eigenvalue weighted by Crippen LogP contribution is -1.95. The van der Waals surface area contributed by atoms with Gasteiger partial charge in [-0.15, -0.1) is 0 Å². The molecule has 2 aliphatic carbocycles. The van der Waals surface area contributed by atoms with E-state index in [1.807, 2.05) is 18.2 Å². The second-order valence-electron chi connectivity index (χ2n) is 4.44. The topological polar surface area (TPSA) is 35.5 Å². The molecular formula is C17H18O3. The molecule has 20 heavy (non-hydrogen) atoms. The molecule has 0 aliphatic heterocycles. The first-order valence-electron chi connectivity index (χ1n) is 6.64. The van der Waals surface area contributed by atoms with E-state index < -0.39 is 0 Å². The third kappa shape index (κ3) is 4.43. The second kappa shape index (κ2) is 6.75. The summed E-state index contributed by atoms with van der Waals surface area (Å²) in [4.78, 5) is 9.82. The average molecular weight is 270 g/mol. The van der Waals surface area contributed by atoms with Gasteiger partial charge in [0.05, 0.1) is 6.61 Å². The maximum absolute atomic E-state index is 9.82. The van der Waals surface area contributed by atoms with Crippen LogP contribution in [0.15, 0.2) is 48.5 Å². The van der Waals surface area contributed by atoms with Crippen molar-refractivity contribution in [2.75, 3.05) is 6.61 Å². The summed E-state index contributed by atoms with van der Waals surface area (Å²) >= 11 is 0. The van der Waals surface area contributed by atoms with Crippen LogP contribution in [-0.4, -0.2) is 12.6 Å². The molecule has 0 bridgehead atoms. The van der Waals surface area contributed by atoms with Crippen LogP contribution in [0.5, 0.6) is 5.75 Å². The molecule has 0 atom stereocenters. The van der Waals surface area contributed by atoms with Crippen molar-refractivity contribution in [2.24, 2.45) is 0 Å². The molecule has 0 aromatic heterocycles. The van der Waals surface area contributed by atoms with Gasteiger partial charge in [-0.1, -0.05) is 30.3 Å². The largest absolute Gasteiger partial charge is 0.489 e. The fourth-order valence-electron chi connectivity index (χ4n) is 1.76. The van der Waals surface area contributed by atoms with Gasteiger partial charge in [-0.25, -0.2) is 0 Å². The molecule has 0 fully saturated rings. The van der Waals surface area contributed by atoms with Gasteiger partial charge in [0.15, 0.2) is 0 Å². The highest BCUT2D eigenvalue weighted by molar-refractivity contribution is 5.83. The molecule has 3 heteroatoms. The van der Waals surface area contributed by atoms with Crippen LogP contribution >= 0.6 is 0 Å². The average Bonchev–Trinajstić information content (AvgIpc) is 3.05. The highest BCUT2D eigenvalue weighted by atomic mass is 16.5. The van der Waals surface area contributed by atoms with Crippen molar-refractivity contribution in [2.45, 2.75) is 20.5 Å². The van der Waals surface area contributed by atoms with Crippen LogP contribution < -0.4 is 4.74 Å². The maximum atomic E-state index is 9.82. The van der Waals surface area contributed by atoms with Gasteiger partial charge < -0.3 is 9.47 Å². The maximum Gasteiger partial charge on any atom is 0.302 e. The molecule has 0 heterocycles. The van der Waals surface area contributed by atoms with Crippen LogP contribution in [0.4, 0.5) is 0 Å². The Morgan fingerprint density at radius 1 is 1.05 bits per heavy atom. The van der Waals surface area contributed by atoms with E-state index in [0.29, 0.717) is 13.2 Å². The Bertz CT molecular complexity index is 554. The Balaban J connectivity index is 0.000000212. The van der Waals surface area contributed by atoms with Crippen LogP contribution in [0.1, 0.15) is 19.4 Å². The summed E-state index contributed by atoms with van der Waals surface area (Å²) in [5.74, 6) is 0.777. The molecule has 3 rings (SSSR count). The van der Waals surface area contributed by atoms with E-state index in [4.69, 9.17) is 4.74 Å². The Hall–Kier alpha value is -2.29. The number of carbonyl (C=O) groups is 1. The van der Waals surface area contributed by atoms with Gasteiger partial charge in [-0.3, -0.25) is 4.79 Å². The minimum atomic E-state index is -0.211. The van der Waals surface area contributed by atoms with Crippen LogP contribution in [-0.2, 0) is 16.1 Å². The van der Waals surface area contributed by atoms with E-state index in [1.165, 1.54) is 23.6 Å². The highest BCUT2D eigenvalue weighted by Crippen LogP contribution is 2.39.